The molecule has 0 fully saturated rings. The number of hydrogen-bond acceptors (Lipinski definition) is 4. The van der Waals surface area contributed by atoms with Crippen LogP contribution < -0.4 is 0 Å². The lowest BCUT2D eigenvalue weighted by Crippen LogP contribution is -2.22. The van der Waals surface area contributed by atoms with Crippen molar-refractivity contribution < 1.29 is 13.2 Å². The van der Waals surface area contributed by atoms with Crippen molar-refractivity contribution in [2.24, 2.45) is 0 Å². The standard InChI is InChI=1S/C9H8Cl2N2O3S/c1-17(10,11,15)16-9(14)6-2-3-7-8(4-6)13-5-12-7/h2-5H,1H3,(H,12,13). The zero-order valence-corrected chi connectivity index (χ0v) is 11.0. The van der Waals surface area contributed by atoms with Gasteiger partial charge in [-0.1, -0.05) is 0 Å². The molecule has 2 rings (SSSR count). The van der Waals surface area contributed by atoms with Gasteiger partial charge in [-0.2, -0.15) is 4.21 Å². The number of nitrogens with one attached hydrogen (secondary N) is 1. The van der Waals surface area contributed by atoms with Gasteiger partial charge in [-0.15, -0.1) is 0 Å². The van der Waals surface area contributed by atoms with Crippen molar-refractivity contribution in [3.05, 3.63) is 30.1 Å². The fourth-order valence-corrected chi connectivity index (χ4v) is 2.04. The summed E-state index contributed by atoms with van der Waals surface area (Å²) in [4.78, 5) is 18.5. The molecule has 92 valence electrons. The van der Waals surface area contributed by atoms with E-state index in [2.05, 4.69) is 14.2 Å². The molecule has 1 aromatic carbocycles. The van der Waals surface area contributed by atoms with Crippen LogP contribution in [0.5, 0.6) is 0 Å². The quantitative estimate of drug-likeness (QED) is 0.863. The van der Waals surface area contributed by atoms with Gasteiger partial charge in [0.1, 0.15) is 0 Å². The van der Waals surface area contributed by atoms with Crippen LogP contribution in [0.2, 0.25) is 0 Å². The smallest absolute Gasteiger partial charge is 0.345 e. The molecule has 0 unspecified atom stereocenters. The first-order chi connectivity index (χ1) is 7.71. The molecule has 1 N–H and O–H groups in total. The van der Waals surface area contributed by atoms with Crippen molar-refractivity contribution in [1.82, 2.24) is 9.97 Å². The summed E-state index contributed by atoms with van der Waals surface area (Å²) in [5.74, 6) is -0.856. The third-order valence-corrected chi connectivity index (χ3v) is 2.80. The lowest BCUT2D eigenvalue weighted by molar-refractivity contribution is 0.0754. The molecule has 0 saturated heterocycles. The number of halogens is 2. The summed E-state index contributed by atoms with van der Waals surface area (Å²) in [5.41, 5.74) is 1.54. The molecule has 0 aliphatic rings. The highest BCUT2D eigenvalue weighted by atomic mass is 36.0. The molecular weight excluding hydrogens is 287 g/mol. The average Bonchev–Trinajstić information content (AvgIpc) is 2.59. The Morgan fingerprint density at radius 2 is 2.18 bits per heavy atom. The second-order valence-corrected chi connectivity index (χ2v) is 10.5. The molecule has 0 aliphatic heterocycles. The highest BCUT2D eigenvalue weighted by molar-refractivity contribution is 8.50. The summed E-state index contributed by atoms with van der Waals surface area (Å²) < 4.78 is 16.0. The average molecular weight is 295 g/mol. The van der Waals surface area contributed by atoms with Crippen molar-refractivity contribution in [2.45, 2.75) is 0 Å². The number of hydrogen-bond donors (Lipinski definition) is 1. The number of fused-ring (bicyclic) bond motifs is 1. The van der Waals surface area contributed by atoms with Gasteiger partial charge in [0, 0.05) is 21.4 Å². The van der Waals surface area contributed by atoms with Gasteiger partial charge < -0.3 is 9.17 Å². The van der Waals surface area contributed by atoms with Gasteiger partial charge in [-0.3, -0.25) is 0 Å². The Morgan fingerprint density at radius 1 is 1.47 bits per heavy atom. The van der Waals surface area contributed by atoms with E-state index >= 15 is 0 Å². The summed E-state index contributed by atoms with van der Waals surface area (Å²) >= 11 is 0. The summed E-state index contributed by atoms with van der Waals surface area (Å²) in [7, 11) is 6.41. The Balaban J connectivity index is 2.34. The molecular formula is C9H8Cl2N2O3S. The van der Waals surface area contributed by atoms with Gasteiger partial charge in [0.25, 0.3) is 0 Å². The second kappa shape index (κ2) is 3.69. The maximum absolute atomic E-state index is 11.6. The van der Waals surface area contributed by atoms with E-state index in [1.165, 1.54) is 18.5 Å². The van der Waals surface area contributed by atoms with E-state index < -0.39 is 13.7 Å². The Labute approximate surface area is 106 Å². The lowest BCUT2D eigenvalue weighted by atomic mass is 10.2. The SMILES string of the molecule is CS(=O)(Cl)(Cl)OC(=O)c1ccc2nc[nH]c2c1. The maximum Gasteiger partial charge on any atom is 0.361 e. The van der Waals surface area contributed by atoms with Crippen LogP contribution in [-0.2, 0) is 12.0 Å². The van der Waals surface area contributed by atoms with Crippen molar-refractivity contribution in [2.75, 3.05) is 6.26 Å². The topological polar surface area (TPSA) is 72.1 Å². The molecule has 17 heavy (non-hydrogen) atoms. The molecule has 0 aliphatic carbocycles. The summed E-state index contributed by atoms with van der Waals surface area (Å²) in [6, 6.07) is 4.62. The van der Waals surface area contributed by atoms with Crippen LogP contribution in [0.15, 0.2) is 24.5 Å². The van der Waals surface area contributed by atoms with Crippen molar-refractivity contribution in [1.29, 1.82) is 0 Å². The van der Waals surface area contributed by atoms with Crippen LogP contribution in [0.1, 0.15) is 10.4 Å². The van der Waals surface area contributed by atoms with Crippen LogP contribution >= 0.6 is 21.4 Å². The number of aromatic nitrogens is 2. The monoisotopic (exact) mass is 294 g/mol. The van der Waals surface area contributed by atoms with Crippen molar-refractivity contribution in [3.63, 3.8) is 0 Å². The summed E-state index contributed by atoms with van der Waals surface area (Å²) in [5, 5.41) is 0. The van der Waals surface area contributed by atoms with Crippen LogP contribution in [0.4, 0.5) is 0 Å². The van der Waals surface area contributed by atoms with E-state index in [1.807, 2.05) is 0 Å². The van der Waals surface area contributed by atoms with Crippen LogP contribution in [0.25, 0.3) is 11.0 Å². The summed E-state index contributed by atoms with van der Waals surface area (Å²) in [6.07, 6.45) is 2.45. The van der Waals surface area contributed by atoms with E-state index in [0.717, 1.165) is 6.26 Å². The molecule has 1 heterocycles. The third-order valence-electron chi connectivity index (χ3n) is 1.91. The van der Waals surface area contributed by atoms with E-state index in [-0.39, 0.29) is 5.56 Å². The van der Waals surface area contributed by atoms with Gasteiger partial charge in [0.15, 0.2) is 0 Å². The number of nitrogens with zero attached hydrogens (tertiary/aromatic N) is 1. The van der Waals surface area contributed by atoms with Crippen molar-refractivity contribution in [3.8, 4) is 0 Å². The molecule has 5 nitrogen and oxygen atoms in total. The second-order valence-electron chi connectivity index (χ2n) is 3.53. The van der Waals surface area contributed by atoms with Gasteiger partial charge in [-0.25, -0.2) is 9.78 Å². The zero-order chi connectivity index (χ0) is 12.7. The zero-order valence-electron chi connectivity index (χ0n) is 8.65. The normalized spacial score (nSPS) is 14.2. The van der Waals surface area contributed by atoms with Gasteiger partial charge >= 0.3 is 5.97 Å². The molecule has 0 bridgehead atoms. The van der Waals surface area contributed by atoms with Gasteiger partial charge in [0.05, 0.1) is 29.2 Å². The number of H-pyrrole nitrogens is 1. The number of carbonyl (C=O) groups excluding carboxylic acids is 1. The fourth-order valence-electron chi connectivity index (χ4n) is 1.27. The fraction of sp³-hybridized carbons (Fsp3) is 0.111. The minimum atomic E-state index is -4.36. The minimum absolute atomic E-state index is 0.184. The highest BCUT2D eigenvalue weighted by Gasteiger charge is 2.24. The van der Waals surface area contributed by atoms with E-state index in [4.69, 9.17) is 21.4 Å². The molecule has 8 heteroatoms. The predicted octanol–water partition coefficient (Wildman–Crippen LogP) is 2.39. The molecule has 2 aromatic rings. The largest absolute Gasteiger partial charge is 0.361 e. The van der Waals surface area contributed by atoms with E-state index in [1.54, 1.807) is 6.07 Å². The Hall–Kier alpha value is -1.11. The van der Waals surface area contributed by atoms with E-state index in [0.29, 0.717) is 11.0 Å². The number of aromatic amines is 1. The third kappa shape index (κ3) is 3.18. The van der Waals surface area contributed by atoms with Gasteiger partial charge in [-0.05, 0) is 26.0 Å². The predicted molar refractivity (Wildman–Crippen MR) is 67.3 cm³/mol. The molecule has 1 aromatic heterocycles. The molecule has 0 radical (unpaired) electrons. The van der Waals surface area contributed by atoms with E-state index in [9.17, 15) is 9.00 Å². The number of benzene rings is 1. The molecule has 0 amide bonds. The Bertz CT molecular complexity index is 650. The Kier molecular flexibility index (Phi) is 2.68. The highest BCUT2D eigenvalue weighted by Crippen LogP contribution is 2.35. The van der Waals surface area contributed by atoms with Crippen LogP contribution in [-0.4, -0.2) is 26.4 Å². The summed E-state index contributed by atoms with van der Waals surface area (Å²) in [6.45, 7) is 0. The van der Waals surface area contributed by atoms with Crippen LogP contribution in [0.3, 0.4) is 0 Å². The first kappa shape index (κ1) is 12.3. The minimum Gasteiger partial charge on any atom is -0.345 e. The number of rotatable bonds is 2. The first-order valence-electron chi connectivity index (χ1n) is 4.47. The molecule has 0 saturated carbocycles. The van der Waals surface area contributed by atoms with Crippen molar-refractivity contribution >= 4 is 46.1 Å². The molecule has 0 spiro atoms. The maximum atomic E-state index is 11.6. The molecule has 0 atom stereocenters. The Morgan fingerprint density at radius 3 is 2.82 bits per heavy atom. The lowest BCUT2D eigenvalue weighted by Gasteiger charge is -2.27. The van der Waals surface area contributed by atoms with Gasteiger partial charge in [0.2, 0.25) is 0 Å². The first-order valence-corrected chi connectivity index (χ1v) is 8.42. The van der Waals surface area contributed by atoms with Crippen LogP contribution in [0, 0.1) is 0 Å². The number of carbonyl (C=O) groups is 1. The number of imidazole rings is 1.